The van der Waals surface area contributed by atoms with E-state index in [-0.39, 0.29) is 36.8 Å². The van der Waals surface area contributed by atoms with Crippen molar-refractivity contribution in [1.82, 2.24) is 10.3 Å². The summed E-state index contributed by atoms with van der Waals surface area (Å²) in [6.45, 7) is 0.537. The summed E-state index contributed by atoms with van der Waals surface area (Å²) >= 11 is 1.52. The zero-order valence-electron chi connectivity index (χ0n) is 12.6. The molecule has 0 bridgehead atoms. The lowest BCUT2D eigenvalue weighted by Gasteiger charge is -2.10. The van der Waals surface area contributed by atoms with Gasteiger partial charge < -0.3 is 11.1 Å². The number of benzene rings is 1. The highest BCUT2D eigenvalue weighted by molar-refractivity contribution is 7.09. The van der Waals surface area contributed by atoms with Gasteiger partial charge in [0.1, 0.15) is 5.69 Å². The Hall–Kier alpha value is -1.14. The summed E-state index contributed by atoms with van der Waals surface area (Å²) in [7, 11) is 0. The summed E-state index contributed by atoms with van der Waals surface area (Å²) < 4.78 is 0. The molecule has 1 amide bonds. The quantitative estimate of drug-likeness (QED) is 0.817. The molecule has 1 atom stereocenters. The van der Waals surface area contributed by atoms with Crippen LogP contribution in [0.4, 0.5) is 0 Å². The molecule has 126 valence electrons. The molecule has 0 aliphatic heterocycles. The summed E-state index contributed by atoms with van der Waals surface area (Å²) in [4.78, 5) is 16.4. The van der Waals surface area contributed by atoms with Gasteiger partial charge in [-0.15, -0.1) is 36.2 Å². The van der Waals surface area contributed by atoms with Crippen LogP contribution in [-0.2, 0) is 6.42 Å². The van der Waals surface area contributed by atoms with Crippen LogP contribution in [0.1, 0.15) is 33.9 Å². The number of nitrogens with zero attached hydrogens (tertiary/aromatic N) is 1. The van der Waals surface area contributed by atoms with Crippen molar-refractivity contribution in [3.05, 3.63) is 52.0 Å². The normalized spacial score (nSPS) is 14.3. The Morgan fingerprint density at radius 1 is 1.30 bits per heavy atom. The van der Waals surface area contributed by atoms with E-state index in [4.69, 9.17) is 5.73 Å². The molecule has 1 heterocycles. The first kappa shape index (κ1) is 19.9. The second-order valence-corrected chi connectivity index (χ2v) is 6.44. The lowest BCUT2D eigenvalue weighted by atomic mass is 10.2. The second kappa shape index (κ2) is 9.23. The molecule has 1 aromatic carbocycles. The first-order chi connectivity index (χ1) is 10.2. The van der Waals surface area contributed by atoms with Crippen molar-refractivity contribution in [3.63, 3.8) is 0 Å². The van der Waals surface area contributed by atoms with Crippen molar-refractivity contribution in [2.45, 2.75) is 25.3 Å². The van der Waals surface area contributed by atoms with Gasteiger partial charge in [0.15, 0.2) is 0 Å². The SMILES string of the molecule is Cl.Cl.NC(CNC(=O)c1csc(Cc2ccccc2)n1)C1CC1. The number of nitrogens with one attached hydrogen (secondary N) is 1. The van der Waals surface area contributed by atoms with Crippen molar-refractivity contribution in [2.75, 3.05) is 6.54 Å². The number of carbonyl (C=O) groups excluding carboxylic acids is 1. The largest absolute Gasteiger partial charge is 0.349 e. The van der Waals surface area contributed by atoms with Crippen molar-refractivity contribution in [1.29, 1.82) is 0 Å². The van der Waals surface area contributed by atoms with Crippen molar-refractivity contribution < 1.29 is 4.79 Å². The fraction of sp³-hybridized carbons (Fsp3) is 0.375. The van der Waals surface area contributed by atoms with Gasteiger partial charge >= 0.3 is 0 Å². The molecular weight excluding hydrogens is 353 g/mol. The van der Waals surface area contributed by atoms with Crippen LogP contribution in [0, 0.1) is 5.92 Å². The molecule has 1 saturated carbocycles. The Balaban J connectivity index is 0.00000132. The van der Waals surface area contributed by atoms with E-state index in [0.29, 0.717) is 18.2 Å². The van der Waals surface area contributed by atoms with Gasteiger partial charge in [-0.25, -0.2) is 4.98 Å². The highest BCUT2D eigenvalue weighted by Gasteiger charge is 2.28. The minimum absolute atomic E-state index is 0. The molecule has 1 aromatic heterocycles. The van der Waals surface area contributed by atoms with Gasteiger partial charge in [-0.2, -0.15) is 0 Å². The van der Waals surface area contributed by atoms with Crippen molar-refractivity contribution in [2.24, 2.45) is 11.7 Å². The number of halogens is 2. The van der Waals surface area contributed by atoms with Gasteiger partial charge in [-0.05, 0) is 24.3 Å². The molecule has 23 heavy (non-hydrogen) atoms. The molecule has 4 nitrogen and oxygen atoms in total. The number of hydrogen-bond acceptors (Lipinski definition) is 4. The van der Waals surface area contributed by atoms with E-state index in [1.807, 2.05) is 23.6 Å². The Bertz CT molecular complexity index is 617. The molecule has 1 aliphatic carbocycles. The van der Waals surface area contributed by atoms with Crippen LogP contribution in [0.25, 0.3) is 0 Å². The van der Waals surface area contributed by atoms with Crippen LogP contribution in [0.2, 0.25) is 0 Å². The van der Waals surface area contributed by atoms with E-state index < -0.39 is 0 Å². The van der Waals surface area contributed by atoms with Crippen LogP contribution in [0.3, 0.4) is 0 Å². The lowest BCUT2D eigenvalue weighted by Crippen LogP contribution is -2.38. The fourth-order valence-corrected chi connectivity index (χ4v) is 3.07. The molecular formula is C16H21Cl2N3OS. The number of rotatable bonds is 6. The molecule has 1 fully saturated rings. The lowest BCUT2D eigenvalue weighted by molar-refractivity contribution is 0.0946. The Morgan fingerprint density at radius 3 is 2.65 bits per heavy atom. The average Bonchev–Trinajstić information content (AvgIpc) is 3.26. The van der Waals surface area contributed by atoms with E-state index in [1.165, 1.54) is 29.7 Å². The summed E-state index contributed by atoms with van der Waals surface area (Å²) in [5.74, 6) is 0.469. The fourth-order valence-electron chi connectivity index (χ4n) is 2.26. The maximum Gasteiger partial charge on any atom is 0.270 e. The van der Waals surface area contributed by atoms with Crippen molar-refractivity contribution >= 4 is 42.1 Å². The topological polar surface area (TPSA) is 68.0 Å². The molecule has 1 aliphatic rings. The van der Waals surface area contributed by atoms with E-state index in [9.17, 15) is 4.79 Å². The summed E-state index contributed by atoms with van der Waals surface area (Å²) in [5.41, 5.74) is 7.68. The molecule has 3 N–H and O–H groups in total. The van der Waals surface area contributed by atoms with Gasteiger partial charge in [0.25, 0.3) is 5.91 Å². The zero-order valence-corrected chi connectivity index (χ0v) is 15.1. The van der Waals surface area contributed by atoms with Gasteiger partial charge in [0.2, 0.25) is 0 Å². The van der Waals surface area contributed by atoms with E-state index >= 15 is 0 Å². The number of carbonyl (C=O) groups is 1. The molecule has 0 saturated heterocycles. The van der Waals surface area contributed by atoms with E-state index in [2.05, 4.69) is 22.4 Å². The third-order valence-electron chi connectivity index (χ3n) is 3.71. The predicted octanol–water partition coefficient (Wildman–Crippen LogP) is 3.04. The van der Waals surface area contributed by atoms with Gasteiger partial charge in [0, 0.05) is 24.4 Å². The third kappa shape index (κ3) is 5.77. The monoisotopic (exact) mass is 373 g/mol. The Kier molecular flexibility index (Phi) is 7.99. The molecule has 0 spiro atoms. The zero-order chi connectivity index (χ0) is 14.7. The first-order valence-electron chi connectivity index (χ1n) is 7.24. The minimum atomic E-state index is -0.123. The second-order valence-electron chi connectivity index (χ2n) is 5.50. The molecule has 2 aromatic rings. The van der Waals surface area contributed by atoms with Crippen molar-refractivity contribution in [3.8, 4) is 0 Å². The van der Waals surface area contributed by atoms with Crippen LogP contribution < -0.4 is 11.1 Å². The maximum atomic E-state index is 12.0. The number of amides is 1. The highest BCUT2D eigenvalue weighted by atomic mass is 35.5. The standard InChI is InChI=1S/C16H19N3OS.2ClH/c17-13(12-6-7-12)9-18-16(20)14-10-21-15(19-14)8-11-4-2-1-3-5-11;;/h1-5,10,12-13H,6-9,17H2,(H,18,20);2*1H. The van der Waals surface area contributed by atoms with E-state index in [1.54, 1.807) is 0 Å². The van der Waals surface area contributed by atoms with E-state index in [0.717, 1.165) is 11.4 Å². The smallest absolute Gasteiger partial charge is 0.270 e. The number of nitrogens with two attached hydrogens (primary N) is 1. The maximum absolute atomic E-state index is 12.0. The molecule has 7 heteroatoms. The van der Waals surface area contributed by atoms with Gasteiger partial charge in [-0.3, -0.25) is 4.79 Å². The van der Waals surface area contributed by atoms with Crippen LogP contribution >= 0.6 is 36.2 Å². The highest BCUT2D eigenvalue weighted by Crippen LogP contribution is 2.31. The van der Waals surface area contributed by atoms with Crippen LogP contribution in [0.5, 0.6) is 0 Å². The summed E-state index contributed by atoms with van der Waals surface area (Å²) in [5, 5.41) is 5.65. The molecule has 3 rings (SSSR count). The predicted molar refractivity (Wildman–Crippen MR) is 98.9 cm³/mol. The molecule has 0 radical (unpaired) electrons. The average molecular weight is 374 g/mol. The number of aromatic nitrogens is 1. The summed E-state index contributed by atoms with van der Waals surface area (Å²) in [6.07, 6.45) is 3.14. The van der Waals surface area contributed by atoms with Crippen LogP contribution in [-0.4, -0.2) is 23.5 Å². The van der Waals surface area contributed by atoms with Crippen LogP contribution in [0.15, 0.2) is 35.7 Å². The molecule has 1 unspecified atom stereocenters. The number of hydrogen-bond donors (Lipinski definition) is 2. The Labute approximate surface area is 152 Å². The van der Waals surface area contributed by atoms with Gasteiger partial charge in [0.05, 0.1) is 5.01 Å². The van der Waals surface area contributed by atoms with Gasteiger partial charge in [-0.1, -0.05) is 30.3 Å². The minimum Gasteiger partial charge on any atom is -0.349 e. The third-order valence-corrected chi connectivity index (χ3v) is 4.56. The summed E-state index contributed by atoms with van der Waals surface area (Å²) in [6, 6.07) is 10.2. The number of thiazole rings is 1. The first-order valence-corrected chi connectivity index (χ1v) is 8.12. The Morgan fingerprint density at radius 2 is 2.00 bits per heavy atom.